The number of hydrogen-bond donors (Lipinski definition) is 0. The van der Waals surface area contributed by atoms with E-state index in [4.69, 9.17) is 0 Å². The molecule has 0 atom stereocenters. The molecule has 0 aliphatic rings. The molecular formula is C20H15N7O2S. The second kappa shape index (κ2) is 7.23. The van der Waals surface area contributed by atoms with Crippen molar-refractivity contribution in [3.8, 4) is 0 Å². The summed E-state index contributed by atoms with van der Waals surface area (Å²) < 4.78 is 4.62. The van der Waals surface area contributed by atoms with Crippen molar-refractivity contribution in [2.75, 3.05) is 0 Å². The highest BCUT2D eigenvalue weighted by Gasteiger charge is 2.16. The van der Waals surface area contributed by atoms with Crippen molar-refractivity contribution < 1.29 is 0 Å². The molecule has 148 valence electrons. The fourth-order valence-electron chi connectivity index (χ4n) is 3.35. The maximum Gasteiger partial charge on any atom is 0.278 e. The predicted molar refractivity (Wildman–Crippen MR) is 115 cm³/mol. The molecule has 0 N–H and O–H groups in total. The van der Waals surface area contributed by atoms with E-state index < -0.39 is 0 Å². The largest absolute Gasteiger partial charge is 0.278 e. The lowest BCUT2D eigenvalue weighted by atomic mass is 10.2. The summed E-state index contributed by atoms with van der Waals surface area (Å²) in [5.41, 5.74) is 0.868. The van der Waals surface area contributed by atoms with Gasteiger partial charge in [-0.05, 0) is 24.3 Å². The van der Waals surface area contributed by atoms with Crippen LogP contribution < -0.4 is 11.1 Å². The van der Waals surface area contributed by atoms with Gasteiger partial charge in [0.2, 0.25) is 5.78 Å². The molecule has 0 bridgehead atoms. The summed E-state index contributed by atoms with van der Waals surface area (Å²) in [6.07, 6.45) is 1.64. The Labute approximate surface area is 173 Å². The summed E-state index contributed by atoms with van der Waals surface area (Å²) >= 11 is 1.29. The van der Waals surface area contributed by atoms with Crippen molar-refractivity contribution in [1.29, 1.82) is 0 Å². The molecular weight excluding hydrogens is 402 g/mol. The van der Waals surface area contributed by atoms with Crippen LogP contribution in [0.3, 0.4) is 0 Å². The summed E-state index contributed by atoms with van der Waals surface area (Å²) in [4.78, 5) is 25.5. The molecule has 3 heterocycles. The second-order valence-electron chi connectivity index (χ2n) is 6.52. The molecule has 5 rings (SSSR count). The first-order valence-electron chi connectivity index (χ1n) is 9.12. The zero-order valence-corrected chi connectivity index (χ0v) is 16.5. The number of aromatic nitrogens is 7. The molecule has 5 aromatic rings. The molecule has 0 aliphatic carbocycles. The highest BCUT2D eigenvalue weighted by molar-refractivity contribution is 7.98. The summed E-state index contributed by atoms with van der Waals surface area (Å²) in [6.45, 7) is 4.04. The number of benzene rings is 2. The van der Waals surface area contributed by atoms with Gasteiger partial charge in [-0.3, -0.25) is 18.6 Å². The predicted octanol–water partition coefficient (Wildman–Crippen LogP) is 2.08. The van der Waals surface area contributed by atoms with Gasteiger partial charge in [0.1, 0.15) is 5.52 Å². The third kappa shape index (κ3) is 2.80. The highest BCUT2D eigenvalue weighted by Crippen LogP contribution is 2.22. The number of rotatable bonds is 5. The first-order valence-corrected chi connectivity index (χ1v) is 10.1. The third-order valence-corrected chi connectivity index (χ3v) is 5.63. The van der Waals surface area contributed by atoms with Gasteiger partial charge in [-0.15, -0.1) is 21.9 Å². The van der Waals surface area contributed by atoms with Crippen LogP contribution in [-0.4, -0.2) is 34.2 Å². The number of hydrogen-bond acceptors (Lipinski definition) is 7. The zero-order valence-electron chi connectivity index (χ0n) is 15.7. The molecule has 2 aromatic carbocycles. The Balaban J connectivity index is 1.62. The van der Waals surface area contributed by atoms with Gasteiger partial charge in [-0.2, -0.15) is 4.68 Å². The van der Waals surface area contributed by atoms with E-state index >= 15 is 0 Å². The minimum atomic E-state index is -0.227. The molecule has 0 unspecified atom stereocenters. The van der Waals surface area contributed by atoms with Gasteiger partial charge >= 0.3 is 0 Å². The number of thioether (sulfide) groups is 1. The molecule has 30 heavy (non-hydrogen) atoms. The smallest absolute Gasteiger partial charge is 0.272 e. The Morgan fingerprint density at radius 2 is 1.70 bits per heavy atom. The normalized spacial score (nSPS) is 11.5. The lowest BCUT2D eigenvalue weighted by Crippen LogP contribution is -2.24. The average molecular weight is 417 g/mol. The number of allylic oxidation sites excluding steroid dienone is 1. The molecule has 0 radical (unpaired) electrons. The molecule has 3 aromatic heterocycles. The number of para-hydroxylation sites is 1. The number of nitrogens with zero attached hydrogens (tertiary/aromatic N) is 7. The van der Waals surface area contributed by atoms with Crippen LogP contribution in [-0.2, 0) is 12.4 Å². The summed E-state index contributed by atoms with van der Waals surface area (Å²) in [7, 11) is 0. The minimum Gasteiger partial charge on any atom is -0.272 e. The van der Waals surface area contributed by atoms with Gasteiger partial charge in [0.25, 0.3) is 11.1 Å². The van der Waals surface area contributed by atoms with Crippen LogP contribution in [0, 0.1) is 0 Å². The van der Waals surface area contributed by atoms with E-state index in [1.165, 1.54) is 21.0 Å². The van der Waals surface area contributed by atoms with Gasteiger partial charge in [0.15, 0.2) is 5.16 Å². The average Bonchev–Trinajstić information content (AvgIpc) is 3.20. The van der Waals surface area contributed by atoms with Crippen molar-refractivity contribution in [3.63, 3.8) is 0 Å². The van der Waals surface area contributed by atoms with Crippen molar-refractivity contribution in [3.05, 3.63) is 81.9 Å². The Morgan fingerprint density at radius 3 is 2.53 bits per heavy atom. The summed E-state index contributed by atoms with van der Waals surface area (Å²) in [6, 6.07) is 14.4. The Kier molecular flexibility index (Phi) is 4.40. The van der Waals surface area contributed by atoms with Crippen molar-refractivity contribution >= 4 is 39.3 Å². The molecule has 9 nitrogen and oxygen atoms in total. The summed E-state index contributed by atoms with van der Waals surface area (Å²) in [5.74, 6) is 0.616. The minimum absolute atomic E-state index is 0.154. The van der Waals surface area contributed by atoms with Crippen molar-refractivity contribution in [1.82, 2.24) is 34.2 Å². The topological polar surface area (TPSA) is 100.0 Å². The quantitative estimate of drug-likeness (QED) is 0.319. The van der Waals surface area contributed by atoms with Crippen LogP contribution in [0.15, 0.2) is 75.9 Å². The maximum absolute atomic E-state index is 12.9. The van der Waals surface area contributed by atoms with E-state index in [0.29, 0.717) is 39.3 Å². The number of fused-ring (bicyclic) bond motifs is 4. The fourth-order valence-corrected chi connectivity index (χ4v) is 4.16. The molecule has 0 amide bonds. The van der Waals surface area contributed by atoms with Crippen molar-refractivity contribution in [2.24, 2.45) is 0 Å². The molecule has 0 aliphatic heterocycles. The highest BCUT2D eigenvalue weighted by atomic mass is 32.2. The van der Waals surface area contributed by atoms with Gasteiger partial charge in [-0.1, -0.05) is 47.3 Å². The molecule has 0 fully saturated rings. The fraction of sp³-hybridized carbons (Fsp3) is 0.100. The maximum atomic E-state index is 12.9. The Morgan fingerprint density at radius 1 is 0.933 bits per heavy atom. The summed E-state index contributed by atoms with van der Waals surface area (Å²) in [5, 5.41) is 18.2. The van der Waals surface area contributed by atoms with Crippen molar-refractivity contribution in [2.45, 2.75) is 17.6 Å². The SMILES string of the molecule is C=CCn1c(=O)c2ccccc2n2c(SCn3nnc4ccccc4c3=O)nnc12. The third-order valence-electron chi connectivity index (χ3n) is 4.74. The van der Waals surface area contributed by atoms with E-state index in [-0.39, 0.29) is 17.0 Å². The standard InChI is InChI=1S/C20H15N7O2S/c1-2-11-25-17(28)14-8-4-6-10-16(14)27-19(25)22-23-20(27)30-12-26-18(29)13-7-3-5-9-15(13)21-24-26/h2-10H,1,11-12H2. The lowest BCUT2D eigenvalue weighted by Gasteiger charge is -2.09. The van der Waals surface area contributed by atoms with Gasteiger partial charge < -0.3 is 0 Å². The molecule has 0 saturated heterocycles. The molecule has 10 heteroatoms. The molecule has 0 saturated carbocycles. The van der Waals surface area contributed by atoms with Crippen LogP contribution in [0.4, 0.5) is 0 Å². The van der Waals surface area contributed by atoms with E-state index in [0.717, 1.165) is 0 Å². The van der Waals surface area contributed by atoms with Gasteiger partial charge in [0, 0.05) is 6.54 Å². The molecule has 0 spiro atoms. The van der Waals surface area contributed by atoms with E-state index in [2.05, 4.69) is 27.1 Å². The lowest BCUT2D eigenvalue weighted by molar-refractivity contribution is 0.643. The first kappa shape index (κ1) is 18.3. The van der Waals surface area contributed by atoms with E-state index in [9.17, 15) is 9.59 Å². The Hall–Kier alpha value is -3.79. The Bertz CT molecular complexity index is 1550. The van der Waals surface area contributed by atoms with E-state index in [1.807, 2.05) is 28.7 Å². The zero-order chi connectivity index (χ0) is 20.7. The van der Waals surface area contributed by atoms with Crippen LogP contribution in [0.1, 0.15) is 0 Å². The van der Waals surface area contributed by atoms with Crippen LogP contribution in [0.5, 0.6) is 0 Å². The van der Waals surface area contributed by atoms with E-state index in [1.54, 1.807) is 30.3 Å². The van der Waals surface area contributed by atoms with Crippen LogP contribution in [0.25, 0.3) is 27.6 Å². The van der Waals surface area contributed by atoms with Gasteiger partial charge in [0.05, 0.1) is 22.2 Å². The monoisotopic (exact) mass is 417 g/mol. The first-order chi connectivity index (χ1) is 14.7. The second-order valence-corrected chi connectivity index (χ2v) is 7.44. The van der Waals surface area contributed by atoms with Crippen LogP contribution in [0.2, 0.25) is 0 Å². The van der Waals surface area contributed by atoms with Crippen LogP contribution >= 0.6 is 11.8 Å². The van der Waals surface area contributed by atoms with Gasteiger partial charge in [-0.25, -0.2) is 0 Å².